The van der Waals surface area contributed by atoms with Crippen LogP contribution in [-0.2, 0) is 0 Å². The van der Waals surface area contributed by atoms with Crippen LogP contribution in [0.1, 0.15) is 27.1 Å². The lowest BCUT2D eigenvalue weighted by Gasteiger charge is -2.11. The van der Waals surface area contributed by atoms with E-state index in [4.69, 9.17) is 4.42 Å². The molecule has 0 aliphatic carbocycles. The molecule has 0 aliphatic heterocycles. The highest BCUT2D eigenvalue weighted by Crippen LogP contribution is 2.28. The van der Waals surface area contributed by atoms with Gasteiger partial charge in [-0.15, -0.1) is 11.3 Å². The van der Waals surface area contributed by atoms with Gasteiger partial charge >= 0.3 is 0 Å². The molecule has 0 aliphatic rings. The number of nitrogens with one attached hydrogen (secondary N) is 1. The van der Waals surface area contributed by atoms with Crippen molar-refractivity contribution < 1.29 is 4.42 Å². The quantitative estimate of drug-likeness (QED) is 0.860. The molecule has 1 unspecified atom stereocenters. The van der Waals surface area contributed by atoms with E-state index in [1.54, 1.807) is 0 Å². The van der Waals surface area contributed by atoms with E-state index in [1.165, 1.54) is 15.3 Å². The normalized spacial score (nSPS) is 13.0. The standard InChI is InChI=1S/C12H15NOS/c1-8-6-10(7-14-8)12(13-3)11-5-4-9(2)15-11/h4-7,12-13H,1-3H3. The first kappa shape index (κ1) is 10.5. The molecule has 0 amide bonds. The number of hydrogen-bond acceptors (Lipinski definition) is 3. The summed E-state index contributed by atoms with van der Waals surface area (Å²) in [6, 6.07) is 6.65. The van der Waals surface area contributed by atoms with E-state index < -0.39 is 0 Å². The van der Waals surface area contributed by atoms with Crippen molar-refractivity contribution in [3.05, 3.63) is 45.5 Å². The van der Waals surface area contributed by atoms with Gasteiger partial charge in [-0.1, -0.05) is 0 Å². The molecule has 2 nitrogen and oxygen atoms in total. The lowest BCUT2D eigenvalue weighted by Crippen LogP contribution is -2.15. The van der Waals surface area contributed by atoms with E-state index in [9.17, 15) is 0 Å². The van der Waals surface area contributed by atoms with E-state index >= 15 is 0 Å². The van der Waals surface area contributed by atoms with Crippen molar-refractivity contribution in [2.45, 2.75) is 19.9 Å². The Bertz CT molecular complexity index is 404. The molecule has 2 aromatic heterocycles. The summed E-state index contributed by atoms with van der Waals surface area (Å²) in [5, 5.41) is 3.31. The van der Waals surface area contributed by atoms with Crippen molar-refractivity contribution in [1.82, 2.24) is 5.32 Å². The van der Waals surface area contributed by atoms with Gasteiger partial charge in [0.05, 0.1) is 12.3 Å². The van der Waals surface area contributed by atoms with Crippen LogP contribution in [0.5, 0.6) is 0 Å². The molecule has 1 N–H and O–H groups in total. The smallest absolute Gasteiger partial charge is 0.101 e. The second-order valence-electron chi connectivity index (χ2n) is 3.66. The molecule has 0 saturated heterocycles. The average molecular weight is 221 g/mol. The lowest BCUT2D eigenvalue weighted by atomic mass is 10.1. The van der Waals surface area contributed by atoms with Gasteiger partial charge < -0.3 is 9.73 Å². The predicted octanol–water partition coefficient (Wildman–Crippen LogP) is 3.27. The SMILES string of the molecule is CNC(c1coc(C)c1)c1ccc(C)s1. The van der Waals surface area contributed by atoms with E-state index in [2.05, 4.69) is 30.4 Å². The van der Waals surface area contributed by atoms with Crippen LogP contribution in [0.25, 0.3) is 0 Å². The number of aryl methyl sites for hydroxylation is 2. The first-order valence-corrected chi connectivity index (χ1v) is 5.81. The molecule has 0 spiro atoms. The summed E-state index contributed by atoms with van der Waals surface area (Å²) in [7, 11) is 1.97. The van der Waals surface area contributed by atoms with Gasteiger partial charge in [-0.05, 0) is 39.1 Å². The molecule has 2 heterocycles. The van der Waals surface area contributed by atoms with Crippen molar-refractivity contribution in [1.29, 1.82) is 0 Å². The average Bonchev–Trinajstić information content (AvgIpc) is 2.78. The summed E-state index contributed by atoms with van der Waals surface area (Å²) >= 11 is 1.82. The van der Waals surface area contributed by atoms with Crippen LogP contribution in [0.15, 0.2) is 28.9 Å². The van der Waals surface area contributed by atoms with Crippen LogP contribution in [0, 0.1) is 13.8 Å². The minimum absolute atomic E-state index is 0.251. The van der Waals surface area contributed by atoms with Crippen molar-refractivity contribution >= 4 is 11.3 Å². The summed E-state index contributed by atoms with van der Waals surface area (Å²) in [5.41, 5.74) is 1.19. The summed E-state index contributed by atoms with van der Waals surface area (Å²) in [5.74, 6) is 0.957. The summed E-state index contributed by atoms with van der Waals surface area (Å²) in [6.45, 7) is 4.09. The topological polar surface area (TPSA) is 25.2 Å². The summed E-state index contributed by atoms with van der Waals surface area (Å²) in [6.07, 6.45) is 1.82. The van der Waals surface area contributed by atoms with Crippen LogP contribution in [0.3, 0.4) is 0 Å². The largest absolute Gasteiger partial charge is 0.469 e. The highest BCUT2D eigenvalue weighted by molar-refractivity contribution is 7.12. The zero-order chi connectivity index (χ0) is 10.8. The third-order valence-electron chi connectivity index (χ3n) is 2.42. The molecule has 1 atom stereocenters. The monoisotopic (exact) mass is 221 g/mol. The van der Waals surface area contributed by atoms with Crippen molar-refractivity contribution in [3.8, 4) is 0 Å². The molecule has 2 rings (SSSR count). The number of hydrogen-bond donors (Lipinski definition) is 1. The Kier molecular flexibility index (Phi) is 2.93. The highest BCUT2D eigenvalue weighted by atomic mass is 32.1. The van der Waals surface area contributed by atoms with Gasteiger partial charge in [-0.25, -0.2) is 0 Å². The Morgan fingerprint density at radius 3 is 2.60 bits per heavy atom. The van der Waals surface area contributed by atoms with Gasteiger partial charge in [0, 0.05) is 15.3 Å². The van der Waals surface area contributed by atoms with Gasteiger partial charge in [0.15, 0.2) is 0 Å². The minimum Gasteiger partial charge on any atom is -0.469 e. The van der Waals surface area contributed by atoms with Crippen molar-refractivity contribution in [2.24, 2.45) is 0 Å². The molecular weight excluding hydrogens is 206 g/mol. The van der Waals surface area contributed by atoms with Crippen LogP contribution in [-0.4, -0.2) is 7.05 Å². The molecule has 2 aromatic rings. The maximum Gasteiger partial charge on any atom is 0.101 e. The van der Waals surface area contributed by atoms with Gasteiger partial charge in [-0.3, -0.25) is 0 Å². The molecule has 0 radical (unpaired) electrons. The molecule has 0 bridgehead atoms. The number of thiophene rings is 1. The number of rotatable bonds is 3. The maximum atomic E-state index is 5.34. The Morgan fingerprint density at radius 1 is 1.33 bits per heavy atom. The lowest BCUT2D eigenvalue weighted by molar-refractivity contribution is 0.528. The molecular formula is C12H15NOS. The summed E-state index contributed by atoms with van der Waals surface area (Å²) < 4.78 is 5.34. The van der Waals surface area contributed by atoms with Crippen molar-refractivity contribution in [3.63, 3.8) is 0 Å². The van der Waals surface area contributed by atoms with Crippen LogP contribution in [0.2, 0.25) is 0 Å². The van der Waals surface area contributed by atoms with E-state index in [1.807, 2.05) is 31.6 Å². The Morgan fingerprint density at radius 2 is 2.13 bits per heavy atom. The predicted molar refractivity (Wildman–Crippen MR) is 63.4 cm³/mol. The highest BCUT2D eigenvalue weighted by Gasteiger charge is 2.15. The molecule has 0 aromatic carbocycles. The second kappa shape index (κ2) is 4.21. The van der Waals surface area contributed by atoms with Crippen molar-refractivity contribution in [2.75, 3.05) is 7.05 Å². The Balaban J connectivity index is 2.32. The first-order valence-electron chi connectivity index (χ1n) is 4.99. The van der Waals surface area contributed by atoms with Gasteiger partial charge in [-0.2, -0.15) is 0 Å². The van der Waals surface area contributed by atoms with Crippen LogP contribution in [0.4, 0.5) is 0 Å². The third kappa shape index (κ3) is 2.13. The fourth-order valence-electron chi connectivity index (χ4n) is 1.70. The van der Waals surface area contributed by atoms with Gasteiger partial charge in [0.2, 0.25) is 0 Å². The fraction of sp³-hybridized carbons (Fsp3) is 0.333. The van der Waals surface area contributed by atoms with Gasteiger partial charge in [0.25, 0.3) is 0 Å². The van der Waals surface area contributed by atoms with Gasteiger partial charge in [0.1, 0.15) is 5.76 Å². The Labute approximate surface area is 93.9 Å². The Hall–Kier alpha value is -1.06. The van der Waals surface area contributed by atoms with Crippen LogP contribution < -0.4 is 5.32 Å². The molecule has 80 valence electrons. The molecule has 0 saturated carbocycles. The van der Waals surface area contributed by atoms with E-state index in [0.29, 0.717) is 0 Å². The summed E-state index contributed by atoms with van der Waals surface area (Å²) in [4.78, 5) is 2.67. The zero-order valence-corrected chi connectivity index (χ0v) is 10.0. The third-order valence-corrected chi connectivity index (χ3v) is 3.48. The molecule has 0 fully saturated rings. The minimum atomic E-state index is 0.251. The van der Waals surface area contributed by atoms with E-state index in [0.717, 1.165) is 5.76 Å². The first-order chi connectivity index (χ1) is 7.20. The van der Waals surface area contributed by atoms with Crippen LogP contribution >= 0.6 is 11.3 Å². The zero-order valence-electron chi connectivity index (χ0n) is 9.20. The fourth-order valence-corrected chi connectivity index (χ4v) is 2.71. The number of furan rings is 1. The molecule has 3 heteroatoms. The maximum absolute atomic E-state index is 5.34. The molecule has 15 heavy (non-hydrogen) atoms. The second-order valence-corrected chi connectivity index (χ2v) is 4.98. The van der Waals surface area contributed by atoms with E-state index in [-0.39, 0.29) is 6.04 Å².